The average molecular weight is 302 g/mol. The molecule has 2 rings (SSSR count). The molecule has 4 nitrogen and oxygen atoms in total. The van der Waals surface area contributed by atoms with E-state index in [0.29, 0.717) is 19.7 Å². The van der Waals surface area contributed by atoms with Gasteiger partial charge < -0.3 is 10.5 Å². The molecular formula is C16H18N2O2S. The lowest BCUT2D eigenvalue weighted by Crippen LogP contribution is -2.19. The highest BCUT2D eigenvalue weighted by atomic mass is 32.1. The zero-order valence-corrected chi connectivity index (χ0v) is 13.0. The second-order valence-electron chi connectivity index (χ2n) is 4.54. The standard InChI is InChI=1S/C16H18N2O2S/c1-12-13(2)21-16(19)18(12)9-10-20-15-7-3-5-14(11-15)6-4-8-17/h3,5,7,11H,8-10,17H2,1-2H3. The maximum Gasteiger partial charge on any atom is 0.307 e. The van der Waals surface area contributed by atoms with Crippen molar-refractivity contribution in [1.29, 1.82) is 0 Å². The summed E-state index contributed by atoms with van der Waals surface area (Å²) >= 11 is 1.28. The van der Waals surface area contributed by atoms with Crippen molar-refractivity contribution in [3.05, 3.63) is 50.1 Å². The van der Waals surface area contributed by atoms with Gasteiger partial charge in [0.05, 0.1) is 13.1 Å². The number of nitrogens with zero attached hydrogens (tertiary/aromatic N) is 1. The van der Waals surface area contributed by atoms with Crippen molar-refractivity contribution in [3.8, 4) is 17.6 Å². The second-order valence-corrected chi connectivity index (χ2v) is 5.71. The molecule has 2 N–H and O–H groups in total. The second kappa shape index (κ2) is 7.11. The molecule has 0 saturated carbocycles. The van der Waals surface area contributed by atoms with Crippen LogP contribution in [0.15, 0.2) is 29.1 Å². The van der Waals surface area contributed by atoms with Gasteiger partial charge in [0.15, 0.2) is 0 Å². The van der Waals surface area contributed by atoms with Crippen LogP contribution in [0.1, 0.15) is 16.1 Å². The first-order chi connectivity index (χ1) is 10.1. The number of aryl methyl sites for hydroxylation is 1. The lowest BCUT2D eigenvalue weighted by Gasteiger charge is -2.08. The molecule has 0 saturated heterocycles. The summed E-state index contributed by atoms with van der Waals surface area (Å²) in [6.45, 7) is 5.25. The molecular weight excluding hydrogens is 284 g/mol. The predicted octanol–water partition coefficient (Wildman–Crippen LogP) is 1.92. The number of thiazole rings is 1. The van der Waals surface area contributed by atoms with E-state index in [1.54, 1.807) is 4.57 Å². The molecule has 0 aliphatic rings. The minimum Gasteiger partial charge on any atom is -0.492 e. The van der Waals surface area contributed by atoms with Gasteiger partial charge in [0, 0.05) is 16.1 Å². The smallest absolute Gasteiger partial charge is 0.307 e. The summed E-state index contributed by atoms with van der Waals surface area (Å²) in [5.41, 5.74) is 7.24. The fourth-order valence-electron chi connectivity index (χ4n) is 1.92. The van der Waals surface area contributed by atoms with Crippen LogP contribution in [-0.4, -0.2) is 17.7 Å². The third-order valence-corrected chi connectivity index (χ3v) is 4.12. The monoisotopic (exact) mass is 302 g/mol. The molecule has 0 aliphatic carbocycles. The lowest BCUT2D eigenvalue weighted by atomic mass is 10.2. The number of aromatic nitrogens is 1. The highest BCUT2D eigenvalue weighted by Crippen LogP contribution is 2.13. The summed E-state index contributed by atoms with van der Waals surface area (Å²) in [5.74, 6) is 6.52. The summed E-state index contributed by atoms with van der Waals surface area (Å²) in [5, 5.41) is 0. The van der Waals surface area contributed by atoms with Gasteiger partial charge in [0.25, 0.3) is 0 Å². The van der Waals surface area contributed by atoms with Gasteiger partial charge in [-0.15, -0.1) is 0 Å². The van der Waals surface area contributed by atoms with Gasteiger partial charge in [0.2, 0.25) is 0 Å². The first-order valence-corrected chi connectivity index (χ1v) is 7.52. The molecule has 0 spiro atoms. The molecule has 0 aliphatic heterocycles. The minimum atomic E-state index is 0.0659. The van der Waals surface area contributed by atoms with Gasteiger partial charge >= 0.3 is 4.87 Å². The van der Waals surface area contributed by atoms with E-state index in [1.807, 2.05) is 38.1 Å². The molecule has 0 unspecified atom stereocenters. The molecule has 0 fully saturated rings. The Morgan fingerprint density at radius 2 is 2.19 bits per heavy atom. The Labute approximate surface area is 128 Å². The topological polar surface area (TPSA) is 57.2 Å². The highest BCUT2D eigenvalue weighted by Gasteiger charge is 2.07. The van der Waals surface area contributed by atoms with Crippen LogP contribution >= 0.6 is 11.3 Å². The van der Waals surface area contributed by atoms with E-state index < -0.39 is 0 Å². The Morgan fingerprint density at radius 3 is 2.86 bits per heavy atom. The van der Waals surface area contributed by atoms with E-state index in [9.17, 15) is 4.79 Å². The largest absolute Gasteiger partial charge is 0.492 e. The first kappa shape index (κ1) is 15.4. The van der Waals surface area contributed by atoms with Crippen molar-refractivity contribution < 1.29 is 4.74 Å². The predicted molar refractivity (Wildman–Crippen MR) is 85.9 cm³/mol. The maximum atomic E-state index is 11.8. The van der Waals surface area contributed by atoms with Crippen LogP contribution in [0, 0.1) is 25.7 Å². The normalized spacial score (nSPS) is 10.0. The number of hydrogen-bond acceptors (Lipinski definition) is 4. The van der Waals surface area contributed by atoms with Crippen LogP contribution in [-0.2, 0) is 6.54 Å². The van der Waals surface area contributed by atoms with Crippen LogP contribution < -0.4 is 15.3 Å². The van der Waals surface area contributed by atoms with Crippen molar-refractivity contribution in [1.82, 2.24) is 4.57 Å². The van der Waals surface area contributed by atoms with Gasteiger partial charge in [-0.1, -0.05) is 29.2 Å². The quantitative estimate of drug-likeness (QED) is 0.878. The number of rotatable bonds is 4. The lowest BCUT2D eigenvalue weighted by molar-refractivity contribution is 0.296. The van der Waals surface area contributed by atoms with Gasteiger partial charge in [-0.05, 0) is 32.0 Å². The van der Waals surface area contributed by atoms with Crippen LogP contribution in [0.2, 0.25) is 0 Å². The molecule has 0 bridgehead atoms. The maximum absolute atomic E-state index is 11.8. The molecule has 2 aromatic rings. The molecule has 0 atom stereocenters. The molecule has 0 amide bonds. The van der Waals surface area contributed by atoms with Crippen molar-refractivity contribution in [2.45, 2.75) is 20.4 Å². The third-order valence-electron chi connectivity index (χ3n) is 3.13. The van der Waals surface area contributed by atoms with Crippen molar-refractivity contribution in [2.75, 3.05) is 13.2 Å². The Bertz CT molecular complexity index is 735. The molecule has 1 aromatic heterocycles. The summed E-state index contributed by atoms with van der Waals surface area (Å²) < 4.78 is 7.44. The van der Waals surface area contributed by atoms with E-state index >= 15 is 0 Å². The van der Waals surface area contributed by atoms with Crippen molar-refractivity contribution >= 4 is 11.3 Å². The van der Waals surface area contributed by atoms with Gasteiger partial charge in [-0.2, -0.15) is 0 Å². The molecule has 1 heterocycles. The number of hydrogen-bond donors (Lipinski definition) is 1. The zero-order valence-electron chi connectivity index (χ0n) is 12.2. The van der Waals surface area contributed by atoms with Crippen LogP contribution in [0.3, 0.4) is 0 Å². The third kappa shape index (κ3) is 3.97. The summed E-state index contributed by atoms with van der Waals surface area (Å²) in [6, 6.07) is 7.55. The summed E-state index contributed by atoms with van der Waals surface area (Å²) in [6.07, 6.45) is 0. The SMILES string of the molecule is Cc1sc(=O)n(CCOc2cccc(C#CCN)c2)c1C. The Balaban J connectivity index is 1.99. The molecule has 21 heavy (non-hydrogen) atoms. The number of benzene rings is 1. The minimum absolute atomic E-state index is 0.0659. The molecule has 110 valence electrons. The molecule has 1 aromatic carbocycles. The summed E-state index contributed by atoms with van der Waals surface area (Å²) in [4.78, 5) is 12.9. The average Bonchev–Trinajstić information content (AvgIpc) is 2.72. The Kier molecular flexibility index (Phi) is 5.20. The number of ether oxygens (including phenoxy) is 1. The fourth-order valence-corrected chi connectivity index (χ4v) is 2.78. The van der Waals surface area contributed by atoms with E-state index in [-0.39, 0.29) is 4.87 Å². The fraction of sp³-hybridized carbons (Fsp3) is 0.312. The van der Waals surface area contributed by atoms with Gasteiger partial charge in [-0.3, -0.25) is 9.36 Å². The van der Waals surface area contributed by atoms with Crippen molar-refractivity contribution in [3.63, 3.8) is 0 Å². The number of nitrogens with two attached hydrogens (primary N) is 1. The van der Waals surface area contributed by atoms with Crippen LogP contribution in [0.4, 0.5) is 0 Å². The van der Waals surface area contributed by atoms with E-state index in [0.717, 1.165) is 21.9 Å². The highest BCUT2D eigenvalue weighted by molar-refractivity contribution is 7.09. The van der Waals surface area contributed by atoms with E-state index in [2.05, 4.69) is 11.8 Å². The Morgan fingerprint density at radius 1 is 1.38 bits per heavy atom. The van der Waals surface area contributed by atoms with Crippen molar-refractivity contribution in [2.24, 2.45) is 5.73 Å². The van der Waals surface area contributed by atoms with Gasteiger partial charge in [0.1, 0.15) is 12.4 Å². The van der Waals surface area contributed by atoms with E-state index in [4.69, 9.17) is 10.5 Å². The summed E-state index contributed by atoms with van der Waals surface area (Å²) in [7, 11) is 0. The molecule has 0 radical (unpaired) electrons. The molecule has 5 heteroatoms. The van der Waals surface area contributed by atoms with Crippen LogP contribution in [0.5, 0.6) is 5.75 Å². The first-order valence-electron chi connectivity index (χ1n) is 6.70. The van der Waals surface area contributed by atoms with Gasteiger partial charge in [-0.25, -0.2) is 0 Å². The Hall–Kier alpha value is -2.03. The zero-order chi connectivity index (χ0) is 15.2. The van der Waals surface area contributed by atoms with Crippen LogP contribution in [0.25, 0.3) is 0 Å². The van der Waals surface area contributed by atoms with E-state index in [1.165, 1.54) is 11.3 Å².